The molecule has 0 fully saturated rings. The van der Waals surface area contributed by atoms with Gasteiger partial charge in [-0.05, 0) is 36.9 Å². The number of nitriles is 1. The van der Waals surface area contributed by atoms with Gasteiger partial charge in [-0.25, -0.2) is 0 Å². The summed E-state index contributed by atoms with van der Waals surface area (Å²) in [5.41, 5.74) is 4.45. The van der Waals surface area contributed by atoms with Crippen molar-refractivity contribution in [1.82, 2.24) is 14.6 Å². The van der Waals surface area contributed by atoms with Gasteiger partial charge in [0.05, 0.1) is 11.1 Å². The Bertz CT molecular complexity index is 934. The molecule has 2 aromatic heterocycles. The first-order valence-corrected chi connectivity index (χ1v) is 8.10. The molecular formula is C20H20N4O. The highest BCUT2D eigenvalue weighted by atomic mass is 16.1. The lowest BCUT2D eigenvalue weighted by Crippen LogP contribution is -2.19. The summed E-state index contributed by atoms with van der Waals surface area (Å²) in [6.45, 7) is 1.42. The first kappa shape index (κ1) is 16.7. The van der Waals surface area contributed by atoms with Crippen LogP contribution < -0.4 is 5.32 Å². The number of nitrogens with zero attached hydrogens (tertiary/aromatic N) is 3. The highest BCUT2D eigenvalue weighted by Crippen LogP contribution is 2.19. The molecule has 0 atom stereocenters. The number of pyridine rings is 1. The van der Waals surface area contributed by atoms with Gasteiger partial charge in [0.1, 0.15) is 6.07 Å². The Morgan fingerprint density at radius 3 is 2.64 bits per heavy atom. The van der Waals surface area contributed by atoms with E-state index in [0.29, 0.717) is 12.1 Å². The van der Waals surface area contributed by atoms with Crippen molar-refractivity contribution in [3.05, 3.63) is 77.1 Å². The van der Waals surface area contributed by atoms with E-state index in [0.717, 1.165) is 28.8 Å². The number of carbonyl (C=O) groups excluding carboxylic acids is 1. The van der Waals surface area contributed by atoms with Crippen LogP contribution in [0.25, 0.3) is 5.52 Å². The Balaban J connectivity index is 1.74. The number of benzene rings is 1. The second-order valence-corrected chi connectivity index (χ2v) is 6.08. The van der Waals surface area contributed by atoms with Gasteiger partial charge in [0, 0.05) is 43.7 Å². The highest BCUT2D eigenvalue weighted by molar-refractivity contribution is 5.93. The van der Waals surface area contributed by atoms with Crippen LogP contribution in [0.15, 0.2) is 54.9 Å². The monoisotopic (exact) mass is 332 g/mol. The minimum absolute atomic E-state index is 0.0842. The maximum Gasteiger partial charge on any atom is 0.251 e. The Labute approximate surface area is 147 Å². The predicted octanol–water partition coefficient (Wildman–Crippen LogP) is 2.80. The Morgan fingerprint density at radius 2 is 1.96 bits per heavy atom. The first-order chi connectivity index (χ1) is 12.1. The Kier molecular flexibility index (Phi) is 4.82. The lowest BCUT2D eigenvalue weighted by molar-refractivity contribution is 0.0963. The van der Waals surface area contributed by atoms with Crippen LogP contribution in [0.4, 0.5) is 0 Å². The van der Waals surface area contributed by atoms with E-state index >= 15 is 0 Å². The molecular weight excluding hydrogens is 312 g/mol. The van der Waals surface area contributed by atoms with E-state index in [9.17, 15) is 10.1 Å². The largest absolute Gasteiger partial charge is 0.355 e. The fraction of sp³-hybridized carbons (Fsp3) is 0.200. The molecule has 2 heterocycles. The van der Waals surface area contributed by atoms with Crippen LogP contribution >= 0.6 is 0 Å². The fourth-order valence-electron chi connectivity index (χ4n) is 2.99. The summed E-state index contributed by atoms with van der Waals surface area (Å²) in [7, 11) is 3.65. The Hall–Kier alpha value is -3.10. The molecule has 0 unspecified atom stereocenters. The van der Waals surface area contributed by atoms with E-state index in [4.69, 9.17) is 0 Å². The van der Waals surface area contributed by atoms with E-state index < -0.39 is 0 Å². The zero-order valence-corrected chi connectivity index (χ0v) is 14.4. The number of aromatic nitrogens is 1. The smallest absolute Gasteiger partial charge is 0.251 e. The van der Waals surface area contributed by atoms with Crippen LogP contribution in [-0.2, 0) is 13.1 Å². The third-order valence-electron chi connectivity index (χ3n) is 4.21. The maximum atomic E-state index is 11.6. The van der Waals surface area contributed by atoms with Gasteiger partial charge in [-0.1, -0.05) is 18.2 Å². The summed E-state index contributed by atoms with van der Waals surface area (Å²) >= 11 is 0. The summed E-state index contributed by atoms with van der Waals surface area (Å²) in [6.07, 6.45) is 3.97. The summed E-state index contributed by atoms with van der Waals surface area (Å²) in [5.74, 6) is -0.0842. The van der Waals surface area contributed by atoms with Crippen molar-refractivity contribution in [3.8, 4) is 6.07 Å². The van der Waals surface area contributed by atoms with Crippen LogP contribution in [-0.4, -0.2) is 29.3 Å². The number of rotatable bonds is 5. The molecule has 0 saturated heterocycles. The van der Waals surface area contributed by atoms with Crippen molar-refractivity contribution in [2.45, 2.75) is 13.1 Å². The van der Waals surface area contributed by atoms with E-state index in [1.807, 2.05) is 66.3 Å². The second kappa shape index (κ2) is 7.20. The molecule has 1 aromatic carbocycles. The molecule has 0 bridgehead atoms. The van der Waals surface area contributed by atoms with Crippen LogP contribution in [0.1, 0.15) is 27.0 Å². The van der Waals surface area contributed by atoms with Crippen molar-refractivity contribution in [2.75, 3.05) is 14.1 Å². The van der Waals surface area contributed by atoms with Gasteiger partial charge in [0.15, 0.2) is 0 Å². The van der Waals surface area contributed by atoms with E-state index in [2.05, 4.69) is 16.3 Å². The van der Waals surface area contributed by atoms with Crippen LogP contribution in [0.5, 0.6) is 0 Å². The second-order valence-electron chi connectivity index (χ2n) is 6.08. The normalized spacial score (nSPS) is 10.8. The molecule has 3 aromatic rings. The molecule has 3 rings (SSSR count). The molecule has 5 nitrogen and oxygen atoms in total. The van der Waals surface area contributed by atoms with Crippen molar-refractivity contribution in [1.29, 1.82) is 5.26 Å². The minimum Gasteiger partial charge on any atom is -0.355 e. The highest BCUT2D eigenvalue weighted by Gasteiger charge is 2.12. The standard InChI is InChI=1S/C20H20N4O/c1-22-20(25)16-8-6-15(7-9-16)12-23(2)13-17-14-24-10-4-3-5-19(24)18(17)11-21/h3-10,14H,12-13H2,1-2H3,(H,22,25). The quantitative estimate of drug-likeness (QED) is 0.781. The van der Waals surface area contributed by atoms with Gasteiger partial charge in [-0.3, -0.25) is 9.69 Å². The van der Waals surface area contributed by atoms with Gasteiger partial charge in [0.25, 0.3) is 5.91 Å². The van der Waals surface area contributed by atoms with E-state index in [1.165, 1.54) is 0 Å². The topological polar surface area (TPSA) is 60.5 Å². The van der Waals surface area contributed by atoms with E-state index in [1.54, 1.807) is 7.05 Å². The number of hydrogen-bond donors (Lipinski definition) is 1. The van der Waals surface area contributed by atoms with Gasteiger partial charge in [0.2, 0.25) is 0 Å². The fourth-order valence-corrected chi connectivity index (χ4v) is 2.99. The zero-order chi connectivity index (χ0) is 17.8. The van der Waals surface area contributed by atoms with Gasteiger partial charge >= 0.3 is 0 Å². The summed E-state index contributed by atoms with van der Waals surface area (Å²) in [6, 6.07) is 15.8. The molecule has 0 aliphatic carbocycles. The molecule has 0 spiro atoms. The molecule has 0 aliphatic heterocycles. The maximum absolute atomic E-state index is 11.6. The molecule has 0 radical (unpaired) electrons. The van der Waals surface area contributed by atoms with Gasteiger partial charge < -0.3 is 9.72 Å². The van der Waals surface area contributed by atoms with Crippen LogP contribution in [0.3, 0.4) is 0 Å². The van der Waals surface area contributed by atoms with Gasteiger partial charge in [-0.2, -0.15) is 5.26 Å². The van der Waals surface area contributed by atoms with Crippen molar-refractivity contribution < 1.29 is 4.79 Å². The van der Waals surface area contributed by atoms with Crippen molar-refractivity contribution in [3.63, 3.8) is 0 Å². The zero-order valence-electron chi connectivity index (χ0n) is 14.4. The van der Waals surface area contributed by atoms with Gasteiger partial charge in [-0.15, -0.1) is 0 Å². The number of hydrogen-bond acceptors (Lipinski definition) is 3. The first-order valence-electron chi connectivity index (χ1n) is 8.10. The molecule has 126 valence electrons. The summed E-state index contributed by atoms with van der Waals surface area (Å²) in [5, 5.41) is 12.1. The average molecular weight is 332 g/mol. The molecule has 0 saturated carbocycles. The van der Waals surface area contributed by atoms with Crippen molar-refractivity contribution in [2.24, 2.45) is 0 Å². The molecule has 25 heavy (non-hydrogen) atoms. The lowest BCUT2D eigenvalue weighted by Gasteiger charge is -2.16. The minimum atomic E-state index is -0.0842. The third-order valence-corrected chi connectivity index (χ3v) is 4.21. The molecule has 5 heteroatoms. The lowest BCUT2D eigenvalue weighted by atomic mass is 10.1. The number of carbonyl (C=O) groups is 1. The SMILES string of the molecule is CNC(=O)c1ccc(CN(C)Cc2cn3ccccc3c2C#N)cc1. The average Bonchev–Trinajstić information content (AvgIpc) is 2.98. The van der Waals surface area contributed by atoms with Crippen LogP contribution in [0, 0.1) is 11.3 Å². The summed E-state index contributed by atoms with van der Waals surface area (Å²) < 4.78 is 1.99. The molecule has 1 N–H and O–H groups in total. The van der Waals surface area contributed by atoms with Crippen LogP contribution in [0.2, 0.25) is 0 Å². The Morgan fingerprint density at radius 1 is 1.20 bits per heavy atom. The third kappa shape index (κ3) is 3.54. The summed E-state index contributed by atoms with van der Waals surface area (Å²) in [4.78, 5) is 13.7. The number of nitrogens with one attached hydrogen (secondary N) is 1. The molecule has 0 aliphatic rings. The van der Waals surface area contributed by atoms with Crippen molar-refractivity contribution >= 4 is 11.4 Å². The number of amides is 1. The molecule has 1 amide bonds. The predicted molar refractivity (Wildman–Crippen MR) is 97.1 cm³/mol. The van der Waals surface area contributed by atoms with E-state index in [-0.39, 0.29) is 5.91 Å². The number of fused-ring (bicyclic) bond motifs is 1.